The van der Waals surface area contributed by atoms with Crippen molar-refractivity contribution in [3.63, 3.8) is 0 Å². The third-order valence-corrected chi connectivity index (χ3v) is 5.63. The van der Waals surface area contributed by atoms with Gasteiger partial charge in [0.25, 0.3) is 0 Å². The molecule has 0 aromatic heterocycles. The summed E-state index contributed by atoms with van der Waals surface area (Å²) in [6.45, 7) is 1.86. The Morgan fingerprint density at radius 3 is 2.19 bits per heavy atom. The molecular weight excluding hydrogens is 268 g/mol. The van der Waals surface area contributed by atoms with E-state index in [2.05, 4.69) is 5.32 Å². The molecule has 0 aliphatic heterocycles. The van der Waals surface area contributed by atoms with Gasteiger partial charge in [-0.15, -0.1) is 0 Å². The summed E-state index contributed by atoms with van der Waals surface area (Å²) in [7, 11) is 0. The van der Waals surface area contributed by atoms with Gasteiger partial charge in [-0.25, -0.2) is 8.78 Å². The van der Waals surface area contributed by atoms with Gasteiger partial charge in [0, 0.05) is 17.6 Å². The van der Waals surface area contributed by atoms with E-state index in [1.54, 1.807) is 0 Å². The molecule has 1 atom stereocenters. The van der Waals surface area contributed by atoms with Crippen LogP contribution in [0.5, 0.6) is 0 Å². The fourth-order valence-electron chi connectivity index (χ4n) is 4.38. The summed E-state index contributed by atoms with van der Waals surface area (Å²) in [6.07, 6.45) is 10.4. The van der Waals surface area contributed by atoms with Crippen LogP contribution in [0, 0.1) is 17.0 Å². The summed E-state index contributed by atoms with van der Waals surface area (Å²) in [6, 6.07) is 4.22. The lowest BCUT2D eigenvalue weighted by atomic mass is 9.71. The molecule has 0 bridgehead atoms. The lowest BCUT2D eigenvalue weighted by Gasteiger charge is -2.38. The molecule has 1 aromatic carbocycles. The molecule has 0 radical (unpaired) electrons. The largest absolute Gasteiger partial charge is 0.307 e. The molecule has 21 heavy (non-hydrogen) atoms. The molecule has 2 aliphatic rings. The second-order valence-electron chi connectivity index (χ2n) is 7.01. The smallest absolute Gasteiger partial charge is 0.130 e. The normalized spacial score (nSPS) is 23.6. The predicted molar refractivity (Wildman–Crippen MR) is 81.1 cm³/mol. The Labute approximate surface area is 126 Å². The highest BCUT2D eigenvalue weighted by molar-refractivity contribution is 5.23. The van der Waals surface area contributed by atoms with Crippen LogP contribution in [0.4, 0.5) is 8.78 Å². The summed E-state index contributed by atoms with van der Waals surface area (Å²) in [4.78, 5) is 0. The quantitative estimate of drug-likeness (QED) is 0.815. The lowest BCUT2D eigenvalue weighted by Crippen LogP contribution is -2.38. The number of hydrogen-bond donors (Lipinski definition) is 1. The van der Waals surface area contributed by atoms with E-state index in [0.29, 0.717) is 11.5 Å². The van der Waals surface area contributed by atoms with Crippen LogP contribution in [0.15, 0.2) is 18.2 Å². The molecule has 1 unspecified atom stereocenters. The fourth-order valence-corrected chi connectivity index (χ4v) is 4.38. The lowest BCUT2D eigenvalue weighted by molar-refractivity contribution is 0.163. The first-order valence-electron chi connectivity index (χ1n) is 8.30. The monoisotopic (exact) mass is 293 g/mol. The van der Waals surface area contributed by atoms with E-state index in [1.165, 1.54) is 56.7 Å². The van der Waals surface area contributed by atoms with Gasteiger partial charge in [0.05, 0.1) is 0 Å². The van der Waals surface area contributed by atoms with Crippen molar-refractivity contribution in [3.8, 4) is 0 Å². The molecule has 3 heteroatoms. The molecule has 0 heterocycles. The molecule has 116 valence electrons. The molecule has 2 aliphatic carbocycles. The molecule has 3 rings (SSSR count). The van der Waals surface area contributed by atoms with Crippen LogP contribution >= 0.6 is 0 Å². The van der Waals surface area contributed by atoms with Crippen LogP contribution in [0.2, 0.25) is 0 Å². The average molecular weight is 293 g/mol. The van der Waals surface area contributed by atoms with Gasteiger partial charge >= 0.3 is 0 Å². The first kappa shape index (κ1) is 15.0. The van der Waals surface area contributed by atoms with Gasteiger partial charge in [-0.2, -0.15) is 0 Å². The maximum Gasteiger partial charge on any atom is 0.130 e. The molecule has 2 fully saturated rings. The van der Waals surface area contributed by atoms with Crippen LogP contribution in [0.25, 0.3) is 0 Å². The van der Waals surface area contributed by atoms with Gasteiger partial charge in [0.2, 0.25) is 0 Å². The second kappa shape index (κ2) is 6.04. The molecule has 0 amide bonds. The van der Waals surface area contributed by atoms with Crippen LogP contribution in [-0.2, 0) is 0 Å². The van der Waals surface area contributed by atoms with Gasteiger partial charge in [-0.05, 0) is 63.0 Å². The first-order valence-corrected chi connectivity index (χ1v) is 8.30. The SMILES string of the molecule is CC(NC1CCC2(CCCC2)CC1)c1c(F)cccc1F. The molecule has 1 nitrogen and oxygen atoms in total. The zero-order valence-electron chi connectivity index (χ0n) is 12.8. The number of nitrogens with one attached hydrogen (secondary N) is 1. The van der Waals surface area contributed by atoms with Crippen molar-refractivity contribution < 1.29 is 8.78 Å². The van der Waals surface area contributed by atoms with E-state index in [-0.39, 0.29) is 11.6 Å². The van der Waals surface area contributed by atoms with Gasteiger partial charge in [-0.1, -0.05) is 18.9 Å². The molecule has 1 N–H and O–H groups in total. The highest BCUT2D eigenvalue weighted by Gasteiger charge is 2.37. The van der Waals surface area contributed by atoms with Gasteiger partial charge in [0.15, 0.2) is 0 Å². The third kappa shape index (κ3) is 3.13. The van der Waals surface area contributed by atoms with Crippen molar-refractivity contribution in [3.05, 3.63) is 35.4 Å². The van der Waals surface area contributed by atoms with Crippen molar-refractivity contribution in [1.82, 2.24) is 5.32 Å². The van der Waals surface area contributed by atoms with Crippen LogP contribution in [0.3, 0.4) is 0 Å². The summed E-state index contributed by atoms with van der Waals surface area (Å²) in [5.74, 6) is -0.892. The molecule has 1 aromatic rings. The maximum absolute atomic E-state index is 13.8. The summed E-state index contributed by atoms with van der Waals surface area (Å²) >= 11 is 0. The standard InChI is InChI=1S/C18H25F2N/c1-13(17-15(19)5-4-6-16(17)20)21-14-7-11-18(12-8-14)9-2-3-10-18/h4-6,13-14,21H,2-3,7-12H2,1H3. The minimum atomic E-state index is -0.446. The Morgan fingerprint density at radius 1 is 1.05 bits per heavy atom. The van der Waals surface area contributed by atoms with E-state index in [9.17, 15) is 8.78 Å². The van der Waals surface area contributed by atoms with Crippen LogP contribution < -0.4 is 5.32 Å². The summed E-state index contributed by atoms with van der Waals surface area (Å²) in [5.41, 5.74) is 0.781. The number of rotatable bonds is 3. The number of hydrogen-bond acceptors (Lipinski definition) is 1. The van der Waals surface area contributed by atoms with Crippen molar-refractivity contribution in [2.75, 3.05) is 0 Å². The topological polar surface area (TPSA) is 12.0 Å². The maximum atomic E-state index is 13.8. The van der Waals surface area contributed by atoms with Crippen molar-refractivity contribution in [1.29, 1.82) is 0 Å². The number of halogens is 2. The molecule has 0 saturated heterocycles. The van der Waals surface area contributed by atoms with E-state index in [4.69, 9.17) is 0 Å². The first-order chi connectivity index (χ1) is 10.1. The van der Waals surface area contributed by atoms with Crippen molar-refractivity contribution >= 4 is 0 Å². The van der Waals surface area contributed by atoms with Crippen molar-refractivity contribution in [2.45, 2.75) is 70.4 Å². The fraction of sp³-hybridized carbons (Fsp3) is 0.667. The Bertz CT molecular complexity index is 464. The molecular formula is C18H25F2N. The Balaban J connectivity index is 1.60. The Morgan fingerprint density at radius 2 is 1.62 bits per heavy atom. The molecule has 1 spiro atoms. The Kier molecular flexibility index (Phi) is 4.30. The van der Waals surface area contributed by atoms with Gasteiger partial charge < -0.3 is 5.32 Å². The van der Waals surface area contributed by atoms with E-state index >= 15 is 0 Å². The summed E-state index contributed by atoms with van der Waals surface area (Å²) < 4.78 is 27.6. The minimum Gasteiger partial charge on any atom is -0.307 e. The Hall–Kier alpha value is -0.960. The van der Waals surface area contributed by atoms with E-state index < -0.39 is 11.6 Å². The zero-order chi connectivity index (χ0) is 14.9. The predicted octanol–water partition coefficient (Wildman–Crippen LogP) is 5.12. The van der Waals surface area contributed by atoms with Crippen LogP contribution in [0.1, 0.15) is 69.9 Å². The van der Waals surface area contributed by atoms with Gasteiger partial charge in [-0.3, -0.25) is 0 Å². The number of benzene rings is 1. The zero-order valence-corrected chi connectivity index (χ0v) is 12.8. The highest BCUT2D eigenvalue weighted by Crippen LogP contribution is 2.49. The van der Waals surface area contributed by atoms with Crippen molar-refractivity contribution in [2.24, 2.45) is 5.41 Å². The third-order valence-electron chi connectivity index (χ3n) is 5.63. The van der Waals surface area contributed by atoms with Gasteiger partial charge in [0.1, 0.15) is 11.6 Å². The minimum absolute atomic E-state index is 0.179. The average Bonchev–Trinajstić information content (AvgIpc) is 2.90. The van der Waals surface area contributed by atoms with E-state index in [0.717, 1.165) is 12.8 Å². The second-order valence-corrected chi connectivity index (χ2v) is 7.01. The van der Waals surface area contributed by atoms with Crippen LogP contribution in [-0.4, -0.2) is 6.04 Å². The van der Waals surface area contributed by atoms with E-state index in [1.807, 2.05) is 6.92 Å². The molecule has 2 saturated carbocycles. The highest BCUT2D eigenvalue weighted by atomic mass is 19.1. The summed E-state index contributed by atoms with van der Waals surface area (Å²) in [5, 5.41) is 3.44.